The van der Waals surface area contributed by atoms with Gasteiger partial charge in [0.1, 0.15) is 11.5 Å². The van der Waals surface area contributed by atoms with Crippen molar-refractivity contribution < 1.29 is 9.52 Å². The molecule has 0 amide bonds. The predicted octanol–water partition coefficient (Wildman–Crippen LogP) is 2.97. The standard InChI is InChI=1S/C20H28N2O2/c1-16-5-3-4-6-18(16)13-21-10-11-22(19(14-21)9-12-23)15-20-8-7-17(2)24-20/h3-8,19,23H,9-15H2,1-2H3/t19-/m0/s1. The Morgan fingerprint density at radius 3 is 2.62 bits per heavy atom. The van der Waals surface area contributed by atoms with E-state index < -0.39 is 0 Å². The molecule has 1 aromatic carbocycles. The van der Waals surface area contributed by atoms with E-state index in [2.05, 4.69) is 47.1 Å². The van der Waals surface area contributed by atoms with Crippen LogP contribution in [0.5, 0.6) is 0 Å². The van der Waals surface area contributed by atoms with Gasteiger partial charge in [0.2, 0.25) is 0 Å². The van der Waals surface area contributed by atoms with Crippen molar-refractivity contribution >= 4 is 0 Å². The molecule has 3 rings (SSSR count). The molecule has 4 nitrogen and oxygen atoms in total. The summed E-state index contributed by atoms with van der Waals surface area (Å²) in [5.41, 5.74) is 2.75. The lowest BCUT2D eigenvalue weighted by molar-refractivity contribution is 0.0453. The molecule has 0 spiro atoms. The molecular weight excluding hydrogens is 300 g/mol. The number of rotatable bonds is 6. The fourth-order valence-corrected chi connectivity index (χ4v) is 3.53. The summed E-state index contributed by atoms with van der Waals surface area (Å²) < 4.78 is 5.73. The molecule has 0 unspecified atom stereocenters. The molecule has 1 saturated heterocycles. The van der Waals surface area contributed by atoms with E-state index in [0.29, 0.717) is 6.04 Å². The molecule has 1 fully saturated rings. The summed E-state index contributed by atoms with van der Waals surface area (Å²) in [6.07, 6.45) is 0.809. The van der Waals surface area contributed by atoms with Gasteiger partial charge in [-0.2, -0.15) is 0 Å². The molecule has 0 aliphatic carbocycles. The van der Waals surface area contributed by atoms with E-state index in [9.17, 15) is 5.11 Å². The highest BCUT2D eigenvalue weighted by Crippen LogP contribution is 2.20. The van der Waals surface area contributed by atoms with E-state index in [-0.39, 0.29) is 6.61 Å². The van der Waals surface area contributed by atoms with Gasteiger partial charge in [0.25, 0.3) is 0 Å². The normalized spacial score (nSPS) is 19.7. The summed E-state index contributed by atoms with van der Waals surface area (Å²) >= 11 is 0. The molecule has 4 heteroatoms. The molecule has 0 radical (unpaired) electrons. The Kier molecular flexibility index (Phi) is 5.72. The van der Waals surface area contributed by atoms with Crippen LogP contribution in [0.25, 0.3) is 0 Å². The van der Waals surface area contributed by atoms with E-state index in [1.165, 1.54) is 11.1 Å². The molecule has 0 saturated carbocycles. The van der Waals surface area contributed by atoms with Crippen LogP contribution < -0.4 is 0 Å². The summed E-state index contributed by atoms with van der Waals surface area (Å²) in [5, 5.41) is 9.46. The van der Waals surface area contributed by atoms with Gasteiger partial charge in [0.05, 0.1) is 6.54 Å². The largest absolute Gasteiger partial charge is 0.465 e. The fourth-order valence-electron chi connectivity index (χ4n) is 3.53. The number of benzene rings is 1. The molecule has 1 aliphatic heterocycles. The summed E-state index contributed by atoms with van der Waals surface area (Å²) in [6.45, 7) is 9.27. The zero-order chi connectivity index (χ0) is 16.9. The van der Waals surface area contributed by atoms with Gasteiger partial charge in [-0.25, -0.2) is 0 Å². The third kappa shape index (κ3) is 4.26. The van der Waals surface area contributed by atoms with Crippen molar-refractivity contribution in [2.75, 3.05) is 26.2 Å². The Balaban J connectivity index is 1.63. The van der Waals surface area contributed by atoms with Crippen LogP contribution in [0.2, 0.25) is 0 Å². The SMILES string of the molecule is Cc1ccc(CN2CCN(Cc3ccccc3C)C[C@@H]2CCO)o1. The van der Waals surface area contributed by atoms with Crippen LogP contribution in [-0.2, 0) is 13.1 Å². The van der Waals surface area contributed by atoms with Gasteiger partial charge in [0.15, 0.2) is 0 Å². The van der Waals surface area contributed by atoms with Crippen LogP contribution in [-0.4, -0.2) is 47.2 Å². The first-order valence-corrected chi connectivity index (χ1v) is 8.83. The zero-order valence-corrected chi connectivity index (χ0v) is 14.7. The number of hydrogen-bond acceptors (Lipinski definition) is 4. The molecule has 24 heavy (non-hydrogen) atoms. The lowest BCUT2D eigenvalue weighted by Gasteiger charge is -2.41. The summed E-state index contributed by atoms with van der Waals surface area (Å²) in [4.78, 5) is 4.95. The quantitative estimate of drug-likeness (QED) is 0.885. The van der Waals surface area contributed by atoms with E-state index in [0.717, 1.165) is 50.7 Å². The molecule has 1 N–H and O–H groups in total. The minimum absolute atomic E-state index is 0.233. The van der Waals surface area contributed by atoms with E-state index in [4.69, 9.17) is 4.42 Å². The van der Waals surface area contributed by atoms with Gasteiger partial charge in [0, 0.05) is 38.8 Å². The molecule has 2 aromatic rings. The van der Waals surface area contributed by atoms with Crippen molar-refractivity contribution in [3.63, 3.8) is 0 Å². The van der Waals surface area contributed by atoms with Crippen LogP contribution in [0.15, 0.2) is 40.8 Å². The van der Waals surface area contributed by atoms with Gasteiger partial charge >= 0.3 is 0 Å². The van der Waals surface area contributed by atoms with Crippen molar-refractivity contribution in [2.45, 2.75) is 39.4 Å². The fraction of sp³-hybridized carbons (Fsp3) is 0.500. The number of hydrogen-bond donors (Lipinski definition) is 1. The number of aliphatic hydroxyl groups is 1. The summed E-state index contributed by atoms with van der Waals surface area (Å²) in [7, 11) is 0. The Labute approximate surface area is 144 Å². The minimum atomic E-state index is 0.233. The van der Waals surface area contributed by atoms with E-state index >= 15 is 0 Å². The van der Waals surface area contributed by atoms with Crippen LogP contribution >= 0.6 is 0 Å². The number of piperazine rings is 1. The molecule has 0 bridgehead atoms. The lowest BCUT2D eigenvalue weighted by atomic mass is 10.1. The second kappa shape index (κ2) is 7.97. The second-order valence-corrected chi connectivity index (χ2v) is 6.81. The Morgan fingerprint density at radius 2 is 1.92 bits per heavy atom. The number of aliphatic hydroxyl groups excluding tert-OH is 1. The highest BCUT2D eigenvalue weighted by atomic mass is 16.3. The Bertz CT molecular complexity index is 653. The van der Waals surface area contributed by atoms with Crippen molar-refractivity contribution in [3.05, 3.63) is 59.0 Å². The summed E-state index contributed by atoms with van der Waals surface area (Å²) in [5.74, 6) is 1.98. The van der Waals surface area contributed by atoms with Crippen LogP contribution in [0.4, 0.5) is 0 Å². The Morgan fingerprint density at radius 1 is 1.08 bits per heavy atom. The van der Waals surface area contributed by atoms with Gasteiger partial charge in [-0.1, -0.05) is 24.3 Å². The van der Waals surface area contributed by atoms with Crippen molar-refractivity contribution in [1.29, 1.82) is 0 Å². The minimum Gasteiger partial charge on any atom is -0.465 e. The molecule has 1 aromatic heterocycles. The summed E-state index contributed by atoms with van der Waals surface area (Å²) in [6, 6.07) is 13.1. The maximum absolute atomic E-state index is 9.46. The Hall–Kier alpha value is -1.62. The maximum atomic E-state index is 9.46. The van der Waals surface area contributed by atoms with E-state index in [1.807, 2.05) is 13.0 Å². The van der Waals surface area contributed by atoms with Gasteiger partial charge in [-0.15, -0.1) is 0 Å². The third-order valence-corrected chi connectivity index (χ3v) is 4.96. The number of furan rings is 1. The van der Waals surface area contributed by atoms with Crippen molar-refractivity contribution in [2.24, 2.45) is 0 Å². The number of aryl methyl sites for hydroxylation is 2. The average Bonchev–Trinajstić information content (AvgIpc) is 2.97. The van der Waals surface area contributed by atoms with Crippen LogP contribution in [0.3, 0.4) is 0 Å². The zero-order valence-electron chi connectivity index (χ0n) is 14.7. The average molecular weight is 328 g/mol. The molecule has 130 valence electrons. The van der Waals surface area contributed by atoms with Gasteiger partial charge < -0.3 is 9.52 Å². The smallest absolute Gasteiger partial charge is 0.118 e. The van der Waals surface area contributed by atoms with Gasteiger partial charge in [-0.3, -0.25) is 9.80 Å². The van der Waals surface area contributed by atoms with Crippen molar-refractivity contribution in [1.82, 2.24) is 9.80 Å². The molecular formula is C20H28N2O2. The van der Waals surface area contributed by atoms with Crippen molar-refractivity contribution in [3.8, 4) is 0 Å². The number of nitrogens with zero attached hydrogens (tertiary/aromatic N) is 2. The second-order valence-electron chi connectivity index (χ2n) is 6.81. The van der Waals surface area contributed by atoms with Gasteiger partial charge in [-0.05, 0) is 43.5 Å². The predicted molar refractivity (Wildman–Crippen MR) is 95.8 cm³/mol. The molecule has 2 heterocycles. The first-order valence-electron chi connectivity index (χ1n) is 8.83. The van der Waals surface area contributed by atoms with E-state index in [1.54, 1.807) is 0 Å². The highest BCUT2D eigenvalue weighted by molar-refractivity contribution is 5.25. The van der Waals surface area contributed by atoms with Crippen LogP contribution in [0.1, 0.15) is 29.1 Å². The highest BCUT2D eigenvalue weighted by Gasteiger charge is 2.27. The monoisotopic (exact) mass is 328 g/mol. The topological polar surface area (TPSA) is 39.9 Å². The molecule has 1 atom stereocenters. The third-order valence-electron chi connectivity index (χ3n) is 4.96. The molecule has 1 aliphatic rings. The lowest BCUT2D eigenvalue weighted by Crippen LogP contribution is -2.52. The first kappa shape index (κ1) is 17.2. The maximum Gasteiger partial charge on any atom is 0.118 e. The first-order chi connectivity index (χ1) is 11.7. The van der Waals surface area contributed by atoms with Crippen LogP contribution in [0, 0.1) is 13.8 Å².